The highest BCUT2D eigenvalue weighted by Crippen LogP contribution is 2.28. The van der Waals surface area contributed by atoms with Gasteiger partial charge in [-0.15, -0.1) is 0 Å². The molecule has 1 aromatic rings. The Morgan fingerprint density at radius 1 is 1.35 bits per heavy atom. The number of nitrogens with zero attached hydrogens (tertiary/aromatic N) is 1. The summed E-state index contributed by atoms with van der Waals surface area (Å²) in [5.41, 5.74) is 0.481. The highest BCUT2D eigenvalue weighted by molar-refractivity contribution is 5.94. The predicted octanol–water partition coefficient (Wildman–Crippen LogP) is 1.73. The third kappa shape index (κ3) is 4.28. The minimum absolute atomic E-state index is 0.0999. The molecule has 0 fully saturated rings. The molecule has 20 heavy (non-hydrogen) atoms. The van der Waals surface area contributed by atoms with Gasteiger partial charge in [0.2, 0.25) is 0 Å². The molecule has 0 heterocycles. The summed E-state index contributed by atoms with van der Waals surface area (Å²) in [5, 5.41) is 8.51. The van der Waals surface area contributed by atoms with E-state index in [0.717, 1.165) is 0 Å². The standard InChI is InChI=1S/C14H15NO5/c1-9(7-15)20-14(17)8-19-12-5-4-11(10(2)16)6-13(12)18-3/h4-6,9H,8H2,1-3H3/t9-/m0/s1. The number of hydrogen-bond acceptors (Lipinski definition) is 6. The zero-order chi connectivity index (χ0) is 15.1. The van der Waals surface area contributed by atoms with E-state index >= 15 is 0 Å². The molecule has 0 aliphatic rings. The van der Waals surface area contributed by atoms with Crippen LogP contribution in [0.2, 0.25) is 0 Å². The number of benzene rings is 1. The lowest BCUT2D eigenvalue weighted by Gasteiger charge is -2.11. The summed E-state index contributed by atoms with van der Waals surface area (Å²) in [7, 11) is 1.43. The first-order valence-corrected chi connectivity index (χ1v) is 5.88. The Morgan fingerprint density at radius 2 is 2.05 bits per heavy atom. The van der Waals surface area contributed by atoms with E-state index in [4.69, 9.17) is 19.5 Å². The van der Waals surface area contributed by atoms with E-state index in [1.165, 1.54) is 33.1 Å². The Hall–Kier alpha value is -2.55. The largest absolute Gasteiger partial charge is 0.493 e. The first-order chi connectivity index (χ1) is 9.47. The van der Waals surface area contributed by atoms with Gasteiger partial charge in [0.25, 0.3) is 0 Å². The normalized spacial score (nSPS) is 11.1. The maximum atomic E-state index is 11.4. The molecular weight excluding hydrogens is 262 g/mol. The van der Waals surface area contributed by atoms with Gasteiger partial charge in [0.15, 0.2) is 30.0 Å². The molecule has 0 N–H and O–H groups in total. The van der Waals surface area contributed by atoms with Gasteiger partial charge in [-0.3, -0.25) is 4.79 Å². The molecule has 6 heteroatoms. The summed E-state index contributed by atoms with van der Waals surface area (Å²) >= 11 is 0. The molecule has 0 aliphatic heterocycles. The number of Topliss-reactive ketones (excluding diaryl/α,β-unsaturated/α-hetero) is 1. The molecule has 0 saturated carbocycles. The van der Waals surface area contributed by atoms with Gasteiger partial charge in [0.05, 0.1) is 7.11 Å². The SMILES string of the molecule is COc1cc(C(C)=O)ccc1OCC(=O)O[C@@H](C)C#N. The predicted molar refractivity (Wildman–Crippen MR) is 69.7 cm³/mol. The highest BCUT2D eigenvalue weighted by Gasteiger charge is 2.12. The van der Waals surface area contributed by atoms with Crippen LogP contribution in [-0.2, 0) is 9.53 Å². The lowest BCUT2D eigenvalue weighted by molar-refractivity contribution is -0.148. The van der Waals surface area contributed by atoms with Crippen molar-refractivity contribution in [2.75, 3.05) is 13.7 Å². The second-order valence-electron chi connectivity index (χ2n) is 3.97. The number of hydrogen-bond donors (Lipinski definition) is 0. The monoisotopic (exact) mass is 277 g/mol. The Morgan fingerprint density at radius 3 is 2.60 bits per heavy atom. The number of ether oxygens (including phenoxy) is 3. The minimum atomic E-state index is -0.826. The number of methoxy groups -OCH3 is 1. The molecule has 0 saturated heterocycles. The molecule has 0 spiro atoms. The molecule has 106 valence electrons. The van der Waals surface area contributed by atoms with Crippen molar-refractivity contribution in [3.63, 3.8) is 0 Å². The molecule has 0 radical (unpaired) electrons. The molecule has 0 unspecified atom stereocenters. The van der Waals surface area contributed by atoms with Crippen LogP contribution >= 0.6 is 0 Å². The van der Waals surface area contributed by atoms with Gasteiger partial charge in [-0.05, 0) is 32.0 Å². The number of carbonyl (C=O) groups is 2. The average Bonchev–Trinajstić information content (AvgIpc) is 2.44. The smallest absolute Gasteiger partial charge is 0.345 e. The van der Waals surface area contributed by atoms with Crippen LogP contribution in [0.3, 0.4) is 0 Å². The van der Waals surface area contributed by atoms with Crippen molar-refractivity contribution in [2.24, 2.45) is 0 Å². The van der Waals surface area contributed by atoms with E-state index < -0.39 is 12.1 Å². The van der Waals surface area contributed by atoms with E-state index in [1.54, 1.807) is 12.1 Å². The van der Waals surface area contributed by atoms with Crippen LogP contribution in [0, 0.1) is 11.3 Å². The van der Waals surface area contributed by atoms with E-state index in [9.17, 15) is 9.59 Å². The number of ketones is 1. The molecular formula is C14H15NO5. The van der Waals surface area contributed by atoms with Gasteiger partial charge < -0.3 is 14.2 Å². The van der Waals surface area contributed by atoms with Crippen molar-refractivity contribution >= 4 is 11.8 Å². The van der Waals surface area contributed by atoms with Crippen LogP contribution in [0.25, 0.3) is 0 Å². The summed E-state index contributed by atoms with van der Waals surface area (Å²) in [6.45, 7) is 2.55. The fourth-order valence-electron chi connectivity index (χ4n) is 1.40. The van der Waals surface area contributed by atoms with Gasteiger partial charge >= 0.3 is 5.97 Å². The summed E-state index contributed by atoms with van der Waals surface area (Å²) < 4.78 is 15.1. The number of esters is 1. The van der Waals surface area contributed by atoms with Crippen molar-refractivity contribution in [1.82, 2.24) is 0 Å². The zero-order valence-electron chi connectivity index (χ0n) is 11.5. The van der Waals surface area contributed by atoms with Gasteiger partial charge in [0.1, 0.15) is 6.07 Å². The molecule has 0 bridgehead atoms. The number of nitriles is 1. The van der Waals surface area contributed by atoms with Crippen molar-refractivity contribution in [2.45, 2.75) is 20.0 Å². The second kappa shape index (κ2) is 7.14. The maximum absolute atomic E-state index is 11.4. The Kier molecular flexibility index (Phi) is 5.54. The zero-order valence-corrected chi connectivity index (χ0v) is 11.5. The Labute approximate surface area is 116 Å². The summed E-state index contributed by atoms with van der Waals surface area (Å²) in [5.74, 6) is -0.0910. The molecule has 1 aromatic carbocycles. The first kappa shape index (κ1) is 15.5. The van der Waals surface area contributed by atoms with Crippen molar-refractivity contribution in [1.29, 1.82) is 5.26 Å². The minimum Gasteiger partial charge on any atom is -0.493 e. The average molecular weight is 277 g/mol. The maximum Gasteiger partial charge on any atom is 0.345 e. The third-order valence-electron chi connectivity index (χ3n) is 2.41. The van der Waals surface area contributed by atoms with E-state index in [2.05, 4.69) is 0 Å². The van der Waals surface area contributed by atoms with Crippen LogP contribution in [0.1, 0.15) is 24.2 Å². The fraction of sp³-hybridized carbons (Fsp3) is 0.357. The van der Waals surface area contributed by atoms with Gasteiger partial charge in [0, 0.05) is 5.56 Å². The van der Waals surface area contributed by atoms with Crippen molar-refractivity contribution in [3.05, 3.63) is 23.8 Å². The van der Waals surface area contributed by atoms with E-state index in [0.29, 0.717) is 17.1 Å². The summed E-state index contributed by atoms with van der Waals surface area (Å²) in [4.78, 5) is 22.6. The van der Waals surface area contributed by atoms with Gasteiger partial charge in [-0.1, -0.05) is 0 Å². The second-order valence-corrected chi connectivity index (χ2v) is 3.97. The Balaban J connectivity index is 2.71. The lowest BCUT2D eigenvalue weighted by atomic mass is 10.1. The number of carbonyl (C=O) groups excluding carboxylic acids is 2. The van der Waals surface area contributed by atoms with E-state index in [-0.39, 0.29) is 12.4 Å². The van der Waals surface area contributed by atoms with Crippen LogP contribution in [0.4, 0.5) is 0 Å². The Bertz CT molecular complexity index is 547. The van der Waals surface area contributed by atoms with Crippen LogP contribution in [-0.4, -0.2) is 31.6 Å². The topological polar surface area (TPSA) is 85.6 Å². The molecule has 0 aromatic heterocycles. The summed E-state index contributed by atoms with van der Waals surface area (Å²) in [6, 6.07) is 6.42. The van der Waals surface area contributed by atoms with Crippen LogP contribution < -0.4 is 9.47 Å². The van der Waals surface area contributed by atoms with Gasteiger partial charge in [-0.25, -0.2) is 4.79 Å². The fourth-order valence-corrected chi connectivity index (χ4v) is 1.40. The molecule has 0 aliphatic carbocycles. The van der Waals surface area contributed by atoms with Crippen molar-refractivity contribution < 1.29 is 23.8 Å². The van der Waals surface area contributed by atoms with Crippen LogP contribution in [0.5, 0.6) is 11.5 Å². The van der Waals surface area contributed by atoms with Gasteiger partial charge in [-0.2, -0.15) is 5.26 Å². The van der Waals surface area contributed by atoms with Crippen LogP contribution in [0.15, 0.2) is 18.2 Å². The summed E-state index contributed by atoms with van der Waals surface area (Å²) in [6.07, 6.45) is -0.826. The molecule has 6 nitrogen and oxygen atoms in total. The number of rotatable bonds is 6. The quantitative estimate of drug-likeness (QED) is 0.581. The van der Waals surface area contributed by atoms with E-state index in [1.807, 2.05) is 0 Å². The first-order valence-electron chi connectivity index (χ1n) is 5.88. The molecule has 0 amide bonds. The third-order valence-corrected chi connectivity index (χ3v) is 2.41. The molecule has 1 atom stereocenters. The molecule has 1 rings (SSSR count). The lowest BCUT2D eigenvalue weighted by Crippen LogP contribution is -2.19. The van der Waals surface area contributed by atoms with Crippen molar-refractivity contribution in [3.8, 4) is 17.6 Å². The highest BCUT2D eigenvalue weighted by atomic mass is 16.6.